The summed E-state index contributed by atoms with van der Waals surface area (Å²) in [5.74, 6) is 0.797. The normalized spacial score (nSPS) is 14.9. The molecule has 32 heavy (non-hydrogen) atoms. The molecule has 0 spiro atoms. The number of nitrogens with one attached hydrogen (secondary N) is 2. The summed E-state index contributed by atoms with van der Waals surface area (Å²) in [5.41, 5.74) is 4.36. The minimum Gasteiger partial charge on any atom is -0.344 e. The zero-order chi connectivity index (χ0) is 22.7. The first-order chi connectivity index (χ1) is 15.3. The van der Waals surface area contributed by atoms with E-state index in [4.69, 9.17) is 0 Å². The Balaban J connectivity index is 1.45. The molecule has 0 radical (unpaired) electrons. The van der Waals surface area contributed by atoms with E-state index in [1.807, 2.05) is 60.7 Å². The van der Waals surface area contributed by atoms with E-state index in [2.05, 4.69) is 48.2 Å². The number of nitrogens with zero attached hydrogens (tertiary/aromatic N) is 3. The standard InChI is InChI=1S/C26H31N5O/c1-26(2,3)21-10-8-19(9-11-21)25(32)27-22-7-5-6-20(18-22)23-12-13-24(29-28-23)31-16-14-30(4)15-17-31/h5-13,18H,14-17H2,1-4H3,(H,27,32)/p+1. The van der Waals surface area contributed by atoms with Crippen LogP contribution < -0.4 is 15.1 Å². The number of aromatic nitrogens is 2. The third-order valence-electron chi connectivity index (χ3n) is 6.02. The molecule has 1 saturated heterocycles. The Morgan fingerprint density at radius 2 is 1.69 bits per heavy atom. The number of quaternary nitrogens is 1. The molecule has 6 nitrogen and oxygen atoms in total. The molecular formula is C26H32N5O+. The molecule has 0 saturated carbocycles. The summed E-state index contributed by atoms with van der Waals surface area (Å²) in [5, 5.41) is 11.9. The molecule has 166 valence electrons. The van der Waals surface area contributed by atoms with Crippen molar-refractivity contribution >= 4 is 17.4 Å². The fraction of sp³-hybridized carbons (Fsp3) is 0.346. The van der Waals surface area contributed by atoms with Gasteiger partial charge in [0.05, 0.1) is 38.9 Å². The Morgan fingerprint density at radius 3 is 2.31 bits per heavy atom. The van der Waals surface area contributed by atoms with Crippen LogP contribution in [0.3, 0.4) is 0 Å². The van der Waals surface area contributed by atoms with Gasteiger partial charge >= 0.3 is 0 Å². The smallest absolute Gasteiger partial charge is 0.255 e. The first-order valence-electron chi connectivity index (χ1n) is 11.2. The number of likely N-dealkylation sites (N-methyl/N-ethyl adjacent to an activating group) is 1. The van der Waals surface area contributed by atoms with Crippen molar-refractivity contribution in [2.75, 3.05) is 43.4 Å². The summed E-state index contributed by atoms with van der Waals surface area (Å²) in [7, 11) is 2.22. The maximum atomic E-state index is 12.7. The topological polar surface area (TPSA) is 62.6 Å². The Labute approximate surface area is 190 Å². The van der Waals surface area contributed by atoms with Crippen LogP contribution in [0.15, 0.2) is 60.7 Å². The van der Waals surface area contributed by atoms with Crippen molar-refractivity contribution in [1.82, 2.24) is 10.2 Å². The molecule has 2 heterocycles. The van der Waals surface area contributed by atoms with Crippen LogP contribution >= 0.6 is 0 Å². The molecule has 4 rings (SSSR count). The van der Waals surface area contributed by atoms with E-state index in [1.165, 1.54) is 5.56 Å². The van der Waals surface area contributed by atoms with Gasteiger partial charge in [0.2, 0.25) is 0 Å². The highest BCUT2D eigenvalue weighted by Gasteiger charge is 2.18. The molecule has 1 amide bonds. The monoisotopic (exact) mass is 430 g/mol. The fourth-order valence-corrected chi connectivity index (χ4v) is 3.85. The number of anilines is 2. The SMILES string of the molecule is C[NH+]1CCN(c2ccc(-c3cccc(NC(=O)c4ccc(C(C)(C)C)cc4)c3)nn2)CC1. The predicted molar refractivity (Wildman–Crippen MR) is 129 cm³/mol. The number of hydrogen-bond acceptors (Lipinski definition) is 4. The summed E-state index contributed by atoms with van der Waals surface area (Å²) in [6.45, 7) is 10.7. The molecule has 1 fully saturated rings. The summed E-state index contributed by atoms with van der Waals surface area (Å²) in [4.78, 5) is 16.6. The molecule has 2 N–H and O–H groups in total. The maximum absolute atomic E-state index is 12.7. The second-order valence-corrected chi connectivity index (χ2v) is 9.58. The fourth-order valence-electron chi connectivity index (χ4n) is 3.85. The molecule has 0 unspecified atom stereocenters. The van der Waals surface area contributed by atoms with Gasteiger partial charge in [-0.25, -0.2) is 0 Å². The zero-order valence-corrected chi connectivity index (χ0v) is 19.4. The molecule has 1 aliphatic heterocycles. The van der Waals surface area contributed by atoms with Crippen molar-refractivity contribution in [3.63, 3.8) is 0 Å². The number of amides is 1. The van der Waals surface area contributed by atoms with Gasteiger partial charge in [0.1, 0.15) is 0 Å². The number of carbonyl (C=O) groups excluding carboxylic acids is 1. The molecule has 0 atom stereocenters. The summed E-state index contributed by atoms with van der Waals surface area (Å²) < 4.78 is 0. The van der Waals surface area contributed by atoms with Gasteiger partial charge in [0.15, 0.2) is 5.82 Å². The second-order valence-electron chi connectivity index (χ2n) is 9.58. The lowest BCUT2D eigenvalue weighted by molar-refractivity contribution is -0.880. The van der Waals surface area contributed by atoms with Crippen molar-refractivity contribution in [3.8, 4) is 11.3 Å². The van der Waals surface area contributed by atoms with Gasteiger partial charge < -0.3 is 15.1 Å². The molecule has 1 aromatic heterocycles. The van der Waals surface area contributed by atoms with E-state index in [-0.39, 0.29) is 11.3 Å². The third-order valence-corrected chi connectivity index (χ3v) is 6.02. The number of piperazine rings is 1. The number of benzene rings is 2. The van der Waals surface area contributed by atoms with Gasteiger partial charge in [0, 0.05) is 16.8 Å². The average molecular weight is 431 g/mol. The Hall–Kier alpha value is -3.25. The molecule has 2 aromatic carbocycles. The lowest BCUT2D eigenvalue weighted by Crippen LogP contribution is -3.12. The van der Waals surface area contributed by atoms with Crippen LogP contribution in [0.5, 0.6) is 0 Å². The lowest BCUT2D eigenvalue weighted by atomic mass is 9.87. The van der Waals surface area contributed by atoms with E-state index in [9.17, 15) is 4.79 Å². The van der Waals surface area contributed by atoms with Gasteiger partial charge in [-0.3, -0.25) is 4.79 Å². The predicted octanol–water partition coefficient (Wildman–Crippen LogP) is 3.03. The van der Waals surface area contributed by atoms with Gasteiger partial charge in [0.25, 0.3) is 5.91 Å². The average Bonchev–Trinajstić information content (AvgIpc) is 2.79. The maximum Gasteiger partial charge on any atom is 0.255 e. The molecule has 0 bridgehead atoms. The minimum absolute atomic E-state index is 0.0608. The van der Waals surface area contributed by atoms with Gasteiger partial charge in [-0.05, 0) is 47.4 Å². The van der Waals surface area contributed by atoms with E-state index in [1.54, 1.807) is 4.90 Å². The quantitative estimate of drug-likeness (QED) is 0.668. The van der Waals surface area contributed by atoms with Gasteiger partial charge in [-0.2, -0.15) is 0 Å². The van der Waals surface area contributed by atoms with E-state index in [0.717, 1.165) is 48.9 Å². The molecular weight excluding hydrogens is 398 g/mol. The first-order valence-corrected chi connectivity index (χ1v) is 11.2. The van der Waals surface area contributed by atoms with E-state index in [0.29, 0.717) is 5.56 Å². The van der Waals surface area contributed by atoms with Crippen molar-refractivity contribution in [3.05, 3.63) is 71.8 Å². The summed E-state index contributed by atoms with van der Waals surface area (Å²) in [6.07, 6.45) is 0. The summed E-state index contributed by atoms with van der Waals surface area (Å²) >= 11 is 0. The third kappa shape index (κ3) is 5.14. The largest absolute Gasteiger partial charge is 0.344 e. The Kier molecular flexibility index (Phi) is 6.24. The molecule has 1 aliphatic rings. The second kappa shape index (κ2) is 9.09. The minimum atomic E-state index is -0.124. The van der Waals surface area contributed by atoms with Gasteiger partial charge in [-0.1, -0.05) is 45.0 Å². The first kappa shape index (κ1) is 22.0. The van der Waals surface area contributed by atoms with Crippen LogP contribution in [0.4, 0.5) is 11.5 Å². The highest BCUT2D eigenvalue weighted by atomic mass is 16.1. The van der Waals surface area contributed by atoms with Crippen LogP contribution in [0.1, 0.15) is 36.7 Å². The van der Waals surface area contributed by atoms with E-state index >= 15 is 0 Å². The van der Waals surface area contributed by atoms with Crippen molar-refractivity contribution in [1.29, 1.82) is 0 Å². The Morgan fingerprint density at radius 1 is 0.969 bits per heavy atom. The highest BCUT2D eigenvalue weighted by molar-refractivity contribution is 6.04. The number of hydrogen-bond donors (Lipinski definition) is 2. The van der Waals surface area contributed by atoms with Crippen LogP contribution in [-0.2, 0) is 5.41 Å². The zero-order valence-electron chi connectivity index (χ0n) is 19.4. The van der Waals surface area contributed by atoms with E-state index < -0.39 is 0 Å². The summed E-state index contributed by atoms with van der Waals surface area (Å²) in [6, 6.07) is 19.6. The van der Waals surface area contributed by atoms with Crippen molar-refractivity contribution in [2.45, 2.75) is 26.2 Å². The number of rotatable bonds is 4. The van der Waals surface area contributed by atoms with Crippen molar-refractivity contribution < 1.29 is 9.69 Å². The van der Waals surface area contributed by atoms with Crippen LogP contribution in [0, 0.1) is 0 Å². The molecule has 0 aliphatic carbocycles. The lowest BCUT2D eigenvalue weighted by Gasteiger charge is -2.30. The van der Waals surface area contributed by atoms with Crippen molar-refractivity contribution in [2.24, 2.45) is 0 Å². The highest BCUT2D eigenvalue weighted by Crippen LogP contribution is 2.24. The van der Waals surface area contributed by atoms with Crippen LogP contribution in [0.25, 0.3) is 11.3 Å². The molecule has 3 aromatic rings. The van der Waals surface area contributed by atoms with Crippen LogP contribution in [0.2, 0.25) is 0 Å². The Bertz CT molecular complexity index is 1060. The van der Waals surface area contributed by atoms with Gasteiger partial charge in [-0.15, -0.1) is 10.2 Å². The number of carbonyl (C=O) groups is 1. The molecule has 6 heteroatoms. The van der Waals surface area contributed by atoms with Crippen LogP contribution in [-0.4, -0.2) is 49.3 Å².